The fourth-order valence-electron chi connectivity index (χ4n) is 8.81. The van der Waals surface area contributed by atoms with Crippen LogP contribution in [0.5, 0.6) is 0 Å². The summed E-state index contributed by atoms with van der Waals surface area (Å²) in [5.41, 5.74) is 10.6. The zero-order chi connectivity index (χ0) is 38.9. The van der Waals surface area contributed by atoms with E-state index in [0.29, 0.717) is 5.89 Å². The van der Waals surface area contributed by atoms with Gasteiger partial charge in [0.15, 0.2) is 5.58 Å². The smallest absolute Gasteiger partial charge is 0.227 e. The number of benzene rings is 10. The molecule has 12 rings (SSSR count). The molecule has 0 saturated heterocycles. The number of hydrogen-bond donors (Lipinski definition) is 0. The van der Waals surface area contributed by atoms with Gasteiger partial charge < -0.3 is 9.32 Å². The van der Waals surface area contributed by atoms with Gasteiger partial charge in [0.1, 0.15) is 5.52 Å². The third kappa shape index (κ3) is 5.68. The van der Waals surface area contributed by atoms with Crippen LogP contribution in [-0.4, -0.2) is 4.98 Å². The van der Waals surface area contributed by atoms with E-state index in [9.17, 15) is 0 Å². The summed E-state index contributed by atoms with van der Waals surface area (Å²) >= 11 is 1.85. The Morgan fingerprint density at radius 1 is 0.373 bits per heavy atom. The Kier molecular flexibility index (Phi) is 7.72. The zero-order valence-corrected chi connectivity index (χ0v) is 32.7. The van der Waals surface area contributed by atoms with E-state index in [0.717, 1.165) is 49.9 Å². The highest BCUT2D eigenvalue weighted by atomic mass is 32.1. The third-order valence-corrected chi connectivity index (χ3v) is 12.8. The van der Waals surface area contributed by atoms with E-state index in [4.69, 9.17) is 9.40 Å². The predicted molar refractivity (Wildman–Crippen MR) is 250 cm³/mol. The number of nitrogens with zero attached hydrogens (tertiary/aromatic N) is 2. The van der Waals surface area contributed by atoms with Crippen LogP contribution in [0, 0.1) is 0 Å². The van der Waals surface area contributed by atoms with Crippen molar-refractivity contribution in [1.82, 2.24) is 4.98 Å². The van der Waals surface area contributed by atoms with Gasteiger partial charge in [-0.1, -0.05) is 133 Å². The Hall–Kier alpha value is -7.53. The van der Waals surface area contributed by atoms with Gasteiger partial charge in [0.25, 0.3) is 0 Å². The van der Waals surface area contributed by atoms with Crippen LogP contribution in [0.4, 0.5) is 17.1 Å². The summed E-state index contributed by atoms with van der Waals surface area (Å²) in [6.45, 7) is 0. The third-order valence-electron chi connectivity index (χ3n) is 11.6. The molecule has 0 spiro atoms. The molecule has 4 heteroatoms. The van der Waals surface area contributed by atoms with E-state index >= 15 is 0 Å². The maximum absolute atomic E-state index is 6.62. The number of oxazole rings is 1. The van der Waals surface area contributed by atoms with Gasteiger partial charge >= 0.3 is 0 Å². The second-order valence-electron chi connectivity index (χ2n) is 15.1. The standard InChI is InChI=1S/C55H34N2OS/c1-3-11-35(12-4-1)39-15-9-17-43(31-39)57(44-18-10-16-40(32-44)41-26-30-51-48(34-41)47-19-7-8-20-50(47)59-51)45-27-28-46-42(33-45)24-23-36-21-22-37-25-29-49-54(53(37)52(36)46)58-55(56-49)38-13-5-2-6-14-38/h1-34H. The number of hydrogen-bond acceptors (Lipinski definition) is 4. The number of aromatic nitrogens is 1. The number of anilines is 3. The van der Waals surface area contributed by atoms with Crippen molar-refractivity contribution in [2.45, 2.75) is 0 Å². The van der Waals surface area contributed by atoms with E-state index in [-0.39, 0.29) is 0 Å². The summed E-state index contributed by atoms with van der Waals surface area (Å²) in [6.07, 6.45) is 0. The maximum atomic E-state index is 6.62. The summed E-state index contributed by atoms with van der Waals surface area (Å²) in [5, 5.41) is 9.48. The lowest BCUT2D eigenvalue weighted by Gasteiger charge is -2.27. The van der Waals surface area contributed by atoms with Crippen molar-refractivity contribution in [3.05, 3.63) is 206 Å². The highest BCUT2D eigenvalue weighted by molar-refractivity contribution is 7.25. The summed E-state index contributed by atoms with van der Waals surface area (Å²) in [7, 11) is 0. The number of fused-ring (bicyclic) bond motifs is 10. The molecule has 0 saturated carbocycles. The molecule has 2 aromatic heterocycles. The van der Waals surface area contributed by atoms with Crippen molar-refractivity contribution >= 4 is 92.0 Å². The largest absolute Gasteiger partial charge is 0.435 e. The molecule has 0 atom stereocenters. The lowest BCUT2D eigenvalue weighted by molar-refractivity contribution is 0.623. The minimum absolute atomic E-state index is 0.631. The van der Waals surface area contributed by atoms with Crippen LogP contribution in [0.2, 0.25) is 0 Å². The molecule has 0 aliphatic rings. The molecule has 10 aromatic carbocycles. The van der Waals surface area contributed by atoms with Crippen molar-refractivity contribution in [3.8, 4) is 33.7 Å². The van der Waals surface area contributed by atoms with Crippen molar-refractivity contribution in [1.29, 1.82) is 0 Å². The summed E-state index contributed by atoms with van der Waals surface area (Å²) in [4.78, 5) is 7.33. The Labute approximate surface area is 344 Å². The molecule has 0 fully saturated rings. The first-order valence-corrected chi connectivity index (χ1v) is 20.8. The van der Waals surface area contributed by atoms with Crippen LogP contribution in [0.1, 0.15) is 0 Å². The van der Waals surface area contributed by atoms with E-state index in [1.165, 1.54) is 58.6 Å². The molecule has 59 heavy (non-hydrogen) atoms. The zero-order valence-electron chi connectivity index (χ0n) is 31.8. The van der Waals surface area contributed by atoms with Gasteiger partial charge in [-0.05, 0) is 117 Å². The molecule has 12 aromatic rings. The maximum Gasteiger partial charge on any atom is 0.227 e. The van der Waals surface area contributed by atoms with Crippen LogP contribution >= 0.6 is 11.3 Å². The van der Waals surface area contributed by atoms with E-state index in [1.807, 2.05) is 41.7 Å². The average molecular weight is 771 g/mol. The Morgan fingerprint density at radius 2 is 0.966 bits per heavy atom. The minimum Gasteiger partial charge on any atom is -0.435 e. The highest BCUT2D eigenvalue weighted by Crippen LogP contribution is 2.43. The predicted octanol–water partition coefficient (Wildman–Crippen LogP) is 16.1. The molecule has 2 heterocycles. The molecule has 0 unspecified atom stereocenters. The number of thiophene rings is 1. The molecule has 0 aliphatic heterocycles. The Balaban J connectivity index is 1.04. The van der Waals surface area contributed by atoms with Gasteiger partial charge in [-0.15, -0.1) is 11.3 Å². The summed E-state index contributed by atoms with van der Waals surface area (Å²) in [6, 6.07) is 74.2. The average Bonchev–Trinajstić information content (AvgIpc) is 3.92. The van der Waals surface area contributed by atoms with Crippen LogP contribution in [-0.2, 0) is 0 Å². The first-order valence-electron chi connectivity index (χ1n) is 19.9. The van der Waals surface area contributed by atoms with Gasteiger partial charge in [-0.2, -0.15) is 0 Å². The summed E-state index contributed by atoms with van der Waals surface area (Å²) in [5.74, 6) is 0.631. The number of rotatable bonds is 6. The second kappa shape index (κ2) is 13.6. The Bertz CT molecular complexity index is 3570. The lowest BCUT2D eigenvalue weighted by atomic mass is 9.95. The van der Waals surface area contributed by atoms with E-state index in [2.05, 4.69) is 181 Å². The first kappa shape index (κ1) is 33.6. The Morgan fingerprint density at radius 3 is 1.75 bits per heavy atom. The molecular weight excluding hydrogens is 737 g/mol. The monoisotopic (exact) mass is 770 g/mol. The van der Waals surface area contributed by atoms with Gasteiger partial charge in [-0.25, -0.2) is 4.98 Å². The molecule has 0 N–H and O–H groups in total. The SMILES string of the molecule is c1ccc(-c2cccc(N(c3cccc(-c4ccc5sc6ccccc6c5c4)c3)c3ccc4c(ccc5ccc6ccc7nc(-c8ccccc8)oc7c6c54)c3)c2)cc1. The molecule has 276 valence electrons. The topological polar surface area (TPSA) is 29.3 Å². The van der Waals surface area contributed by atoms with Gasteiger partial charge in [0, 0.05) is 53.6 Å². The van der Waals surface area contributed by atoms with Crippen LogP contribution in [0.25, 0.3) is 97.3 Å². The fourth-order valence-corrected chi connectivity index (χ4v) is 9.90. The van der Waals surface area contributed by atoms with E-state index < -0.39 is 0 Å². The second-order valence-corrected chi connectivity index (χ2v) is 16.2. The molecular formula is C55H34N2OS. The molecule has 3 nitrogen and oxygen atoms in total. The molecule has 0 amide bonds. The van der Waals surface area contributed by atoms with Gasteiger partial charge in [-0.3, -0.25) is 0 Å². The quantitative estimate of drug-likeness (QED) is 0.158. The van der Waals surface area contributed by atoms with Crippen molar-refractivity contribution in [3.63, 3.8) is 0 Å². The van der Waals surface area contributed by atoms with Crippen LogP contribution < -0.4 is 4.90 Å². The molecule has 0 radical (unpaired) electrons. The van der Waals surface area contributed by atoms with Gasteiger partial charge in [0.2, 0.25) is 5.89 Å². The first-order chi connectivity index (χ1) is 29.2. The van der Waals surface area contributed by atoms with Crippen molar-refractivity contribution in [2.24, 2.45) is 0 Å². The van der Waals surface area contributed by atoms with E-state index in [1.54, 1.807) is 0 Å². The highest BCUT2D eigenvalue weighted by Gasteiger charge is 2.19. The van der Waals surface area contributed by atoms with Gasteiger partial charge in [0.05, 0.1) is 0 Å². The normalized spacial score (nSPS) is 11.7. The minimum atomic E-state index is 0.631. The van der Waals surface area contributed by atoms with Crippen LogP contribution in [0.15, 0.2) is 211 Å². The lowest BCUT2D eigenvalue weighted by Crippen LogP contribution is -2.10. The fraction of sp³-hybridized carbons (Fsp3) is 0. The summed E-state index contributed by atoms with van der Waals surface area (Å²) < 4.78 is 9.24. The molecule has 0 aliphatic carbocycles. The van der Waals surface area contributed by atoms with Crippen molar-refractivity contribution < 1.29 is 4.42 Å². The van der Waals surface area contributed by atoms with Crippen molar-refractivity contribution in [2.75, 3.05) is 4.90 Å². The van der Waals surface area contributed by atoms with Crippen LogP contribution in [0.3, 0.4) is 0 Å². The molecule has 0 bridgehead atoms.